The largest absolute Gasteiger partial charge is 0.382 e. The number of rotatable bonds is 3. The Labute approximate surface area is 104 Å². The Morgan fingerprint density at radius 2 is 1.94 bits per heavy atom. The molecule has 1 aromatic carbocycles. The molecule has 1 aliphatic heterocycles. The lowest BCUT2D eigenvalue weighted by molar-refractivity contribution is 0.0904. The SMILES string of the molecule is Cc1cc(N(C)C)ccc1NC1CCOCC1. The molecule has 1 N–H and O–H groups in total. The normalized spacial score (nSPS) is 16.9. The van der Waals surface area contributed by atoms with Gasteiger partial charge in [0.15, 0.2) is 0 Å². The van der Waals surface area contributed by atoms with Crippen molar-refractivity contribution in [3.63, 3.8) is 0 Å². The second-order valence-electron chi connectivity index (χ2n) is 4.92. The summed E-state index contributed by atoms with van der Waals surface area (Å²) < 4.78 is 5.37. The number of aryl methyl sites for hydroxylation is 1. The van der Waals surface area contributed by atoms with Gasteiger partial charge in [0.25, 0.3) is 0 Å². The van der Waals surface area contributed by atoms with Gasteiger partial charge >= 0.3 is 0 Å². The van der Waals surface area contributed by atoms with Crippen LogP contribution in [0.25, 0.3) is 0 Å². The number of anilines is 2. The van der Waals surface area contributed by atoms with Crippen LogP contribution in [0, 0.1) is 6.92 Å². The van der Waals surface area contributed by atoms with E-state index in [0.29, 0.717) is 6.04 Å². The van der Waals surface area contributed by atoms with Gasteiger partial charge < -0.3 is 15.0 Å². The van der Waals surface area contributed by atoms with E-state index in [9.17, 15) is 0 Å². The molecule has 2 rings (SSSR count). The van der Waals surface area contributed by atoms with E-state index in [1.54, 1.807) is 0 Å². The van der Waals surface area contributed by atoms with Gasteiger partial charge in [0.1, 0.15) is 0 Å². The van der Waals surface area contributed by atoms with Crippen LogP contribution in [0.15, 0.2) is 18.2 Å². The van der Waals surface area contributed by atoms with E-state index in [1.165, 1.54) is 16.9 Å². The van der Waals surface area contributed by atoms with Crippen molar-refractivity contribution in [3.8, 4) is 0 Å². The Kier molecular flexibility index (Phi) is 3.89. The first kappa shape index (κ1) is 12.2. The van der Waals surface area contributed by atoms with E-state index >= 15 is 0 Å². The molecular formula is C14H22N2O. The lowest BCUT2D eigenvalue weighted by atomic mass is 10.1. The summed E-state index contributed by atoms with van der Waals surface area (Å²) >= 11 is 0. The molecule has 1 heterocycles. The predicted molar refractivity (Wildman–Crippen MR) is 73.0 cm³/mol. The maximum Gasteiger partial charge on any atom is 0.0485 e. The van der Waals surface area contributed by atoms with E-state index in [1.807, 2.05) is 0 Å². The van der Waals surface area contributed by atoms with E-state index in [0.717, 1.165) is 26.1 Å². The highest BCUT2D eigenvalue weighted by Gasteiger charge is 2.14. The molecule has 0 radical (unpaired) electrons. The van der Waals surface area contributed by atoms with Crippen molar-refractivity contribution >= 4 is 11.4 Å². The summed E-state index contributed by atoms with van der Waals surface area (Å²) in [6.45, 7) is 3.92. The Morgan fingerprint density at radius 1 is 1.24 bits per heavy atom. The fourth-order valence-corrected chi connectivity index (χ4v) is 2.15. The molecule has 0 amide bonds. The average molecular weight is 234 g/mol. The minimum absolute atomic E-state index is 0.563. The summed E-state index contributed by atoms with van der Waals surface area (Å²) in [6.07, 6.45) is 2.21. The van der Waals surface area contributed by atoms with Crippen LogP contribution in [-0.4, -0.2) is 33.4 Å². The van der Waals surface area contributed by atoms with E-state index in [2.05, 4.69) is 49.4 Å². The minimum atomic E-state index is 0.563. The molecule has 1 saturated heterocycles. The van der Waals surface area contributed by atoms with Gasteiger partial charge in [-0.3, -0.25) is 0 Å². The highest BCUT2D eigenvalue weighted by atomic mass is 16.5. The average Bonchev–Trinajstić information content (AvgIpc) is 2.33. The van der Waals surface area contributed by atoms with Gasteiger partial charge in [-0.25, -0.2) is 0 Å². The Hall–Kier alpha value is -1.22. The van der Waals surface area contributed by atoms with Crippen LogP contribution in [0.2, 0.25) is 0 Å². The predicted octanol–water partition coefficient (Wildman–Crippen LogP) is 2.65. The monoisotopic (exact) mass is 234 g/mol. The Balaban J connectivity index is 2.05. The molecular weight excluding hydrogens is 212 g/mol. The first-order valence-corrected chi connectivity index (χ1v) is 6.29. The van der Waals surface area contributed by atoms with Crippen molar-refractivity contribution in [2.45, 2.75) is 25.8 Å². The molecule has 94 valence electrons. The summed E-state index contributed by atoms with van der Waals surface area (Å²) in [5.41, 5.74) is 3.81. The summed E-state index contributed by atoms with van der Waals surface area (Å²) in [7, 11) is 4.14. The van der Waals surface area contributed by atoms with E-state index in [-0.39, 0.29) is 0 Å². The topological polar surface area (TPSA) is 24.5 Å². The van der Waals surface area contributed by atoms with Crippen LogP contribution in [0.5, 0.6) is 0 Å². The molecule has 3 nitrogen and oxygen atoms in total. The molecule has 0 spiro atoms. The van der Waals surface area contributed by atoms with Gasteiger partial charge in [-0.05, 0) is 43.5 Å². The zero-order chi connectivity index (χ0) is 12.3. The summed E-state index contributed by atoms with van der Waals surface area (Å²) in [5, 5.41) is 3.62. The molecule has 0 aromatic heterocycles. The quantitative estimate of drug-likeness (QED) is 0.870. The third-order valence-electron chi connectivity index (χ3n) is 3.31. The number of hydrogen-bond acceptors (Lipinski definition) is 3. The van der Waals surface area contributed by atoms with E-state index in [4.69, 9.17) is 4.74 Å². The van der Waals surface area contributed by atoms with Crippen LogP contribution in [-0.2, 0) is 4.74 Å². The van der Waals surface area contributed by atoms with Crippen LogP contribution >= 0.6 is 0 Å². The van der Waals surface area contributed by atoms with Crippen molar-refractivity contribution < 1.29 is 4.74 Å². The highest BCUT2D eigenvalue weighted by Crippen LogP contribution is 2.23. The van der Waals surface area contributed by atoms with E-state index < -0.39 is 0 Å². The van der Waals surface area contributed by atoms with Crippen LogP contribution in [0.1, 0.15) is 18.4 Å². The second kappa shape index (κ2) is 5.41. The lowest BCUT2D eigenvalue weighted by Crippen LogP contribution is -2.28. The van der Waals surface area contributed by atoms with Gasteiger partial charge in [-0.1, -0.05) is 0 Å². The second-order valence-corrected chi connectivity index (χ2v) is 4.92. The van der Waals surface area contributed by atoms with Crippen molar-refractivity contribution in [1.82, 2.24) is 0 Å². The fraction of sp³-hybridized carbons (Fsp3) is 0.571. The summed E-state index contributed by atoms with van der Waals surface area (Å²) in [4.78, 5) is 2.13. The molecule has 0 saturated carbocycles. The molecule has 0 aliphatic carbocycles. The molecule has 17 heavy (non-hydrogen) atoms. The molecule has 1 aromatic rings. The van der Waals surface area contributed by atoms with Gasteiger partial charge in [0.2, 0.25) is 0 Å². The van der Waals surface area contributed by atoms with Crippen LogP contribution in [0.3, 0.4) is 0 Å². The van der Waals surface area contributed by atoms with Crippen molar-refractivity contribution in [2.24, 2.45) is 0 Å². The molecule has 1 fully saturated rings. The Bertz CT molecular complexity index is 370. The molecule has 0 bridgehead atoms. The maximum atomic E-state index is 5.37. The number of ether oxygens (including phenoxy) is 1. The van der Waals surface area contributed by atoms with Gasteiger partial charge in [-0.15, -0.1) is 0 Å². The van der Waals surface area contributed by atoms with Crippen LogP contribution < -0.4 is 10.2 Å². The summed E-state index contributed by atoms with van der Waals surface area (Å²) in [6, 6.07) is 7.13. The first-order chi connectivity index (χ1) is 8.16. The zero-order valence-corrected chi connectivity index (χ0v) is 11.0. The third kappa shape index (κ3) is 3.13. The van der Waals surface area contributed by atoms with Crippen molar-refractivity contribution in [3.05, 3.63) is 23.8 Å². The number of hydrogen-bond donors (Lipinski definition) is 1. The summed E-state index contributed by atoms with van der Waals surface area (Å²) in [5.74, 6) is 0. The molecule has 0 atom stereocenters. The first-order valence-electron chi connectivity index (χ1n) is 6.29. The highest BCUT2D eigenvalue weighted by molar-refractivity contribution is 5.60. The van der Waals surface area contributed by atoms with Gasteiger partial charge in [-0.2, -0.15) is 0 Å². The lowest BCUT2D eigenvalue weighted by Gasteiger charge is -2.25. The van der Waals surface area contributed by atoms with Gasteiger partial charge in [0.05, 0.1) is 0 Å². The van der Waals surface area contributed by atoms with Crippen LogP contribution in [0.4, 0.5) is 11.4 Å². The minimum Gasteiger partial charge on any atom is -0.382 e. The smallest absolute Gasteiger partial charge is 0.0485 e. The molecule has 0 unspecified atom stereocenters. The Morgan fingerprint density at radius 3 is 2.53 bits per heavy atom. The maximum absolute atomic E-state index is 5.37. The van der Waals surface area contributed by atoms with Gasteiger partial charge in [0, 0.05) is 44.7 Å². The molecule has 3 heteroatoms. The standard InChI is InChI=1S/C14H22N2O/c1-11-10-13(16(2)3)4-5-14(11)15-12-6-8-17-9-7-12/h4-5,10,12,15H,6-9H2,1-3H3. The zero-order valence-electron chi connectivity index (χ0n) is 11.0. The number of nitrogens with zero attached hydrogens (tertiary/aromatic N) is 1. The fourth-order valence-electron chi connectivity index (χ4n) is 2.15. The molecule has 1 aliphatic rings. The number of nitrogens with one attached hydrogen (secondary N) is 1. The number of benzene rings is 1. The third-order valence-corrected chi connectivity index (χ3v) is 3.31. The van der Waals surface area contributed by atoms with Crippen molar-refractivity contribution in [1.29, 1.82) is 0 Å². The van der Waals surface area contributed by atoms with Crippen molar-refractivity contribution in [2.75, 3.05) is 37.5 Å².